The fraction of sp³-hybridized carbons (Fsp3) is 0.364. The Morgan fingerprint density at radius 1 is 1.00 bits per heavy atom. The zero-order chi connectivity index (χ0) is 20.1. The van der Waals surface area contributed by atoms with E-state index >= 15 is 0 Å². The molecule has 0 atom stereocenters. The lowest BCUT2D eigenvalue weighted by Gasteiger charge is -2.35. The molecule has 7 heteroatoms. The van der Waals surface area contributed by atoms with Crippen LogP contribution < -0.4 is 4.90 Å². The molecule has 3 heterocycles. The lowest BCUT2D eigenvalue weighted by atomic mass is 10.1. The van der Waals surface area contributed by atoms with Crippen LogP contribution in [0.2, 0.25) is 0 Å². The van der Waals surface area contributed by atoms with E-state index in [2.05, 4.69) is 32.0 Å². The summed E-state index contributed by atoms with van der Waals surface area (Å²) in [4.78, 5) is 29.8. The summed E-state index contributed by atoms with van der Waals surface area (Å²) in [6, 6.07) is 12.3. The van der Waals surface area contributed by atoms with Gasteiger partial charge in [-0.05, 0) is 25.3 Å². The third kappa shape index (κ3) is 4.62. The van der Waals surface area contributed by atoms with Crippen LogP contribution in [0.15, 0.2) is 55.1 Å². The molecule has 0 aliphatic carbocycles. The number of benzene rings is 1. The van der Waals surface area contributed by atoms with E-state index in [-0.39, 0.29) is 5.91 Å². The zero-order valence-corrected chi connectivity index (χ0v) is 16.7. The highest BCUT2D eigenvalue weighted by molar-refractivity contribution is 5.76. The molecule has 0 unspecified atom stereocenters. The number of aryl methyl sites for hydroxylation is 2. The molecule has 0 bridgehead atoms. The number of rotatable bonds is 6. The van der Waals surface area contributed by atoms with E-state index in [1.165, 1.54) is 5.56 Å². The normalized spacial score (nSPS) is 14.2. The Bertz CT molecular complexity index is 947. The molecule has 4 rings (SSSR count). The van der Waals surface area contributed by atoms with Gasteiger partial charge in [-0.3, -0.25) is 9.36 Å². The minimum Gasteiger partial charge on any atom is -0.353 e. The molecule has 1 amide bonds. The summed E-state index contributed by atoms with van der Waals surface area (Å²) in [7, 11) is 0. The summed E-state index contributed by atoms with van der Waals surface area (Å²) >= 11 is 0. The van der Waals surface area contributed by atoms with Crippen LogP contribution in [0.5, 0.6) is 0 Å². The molecule has 1 aromatic carbocycles. The molecule has 1 saturated heterocycles. The number of aromatic nitrogens is 4. The van der Waals surface area contributed by atoms with Crippen molar-refractivity contribution in [2.75, 3.05) is 31.1 Å². The van der Waals surface area contributed by atoms with Crippen molar-refractivity contribution in [3.05, 3.63) is 66.5 Å². The van der Waals surface area contributed by atoms with E-state index in [1.807, 2.05) is 46.9 Å². The lowest BCUT2D eigenvalue weighted by molar-refractivity contribution is -0.131. The topological polar surface area (TPSA) is 67.2 Å². The van der Waals surface area contributed by atoms with Crippen LogP contribution in [-0.4, -0.2) is 56.5 Å². The summed E-state index contributed by atoms with van der Waals surface area (Å²) in [5.41, 5.74) is 1.29. The number of hydrogen-bond donors (Lipinski definition) is 0. The highest BCUT2D eigenvalue weighted by Crippen LogP contribution is 2.17. The van der Waals surface area contributed by atoms with Crippen molar-refractivity contribution in [2.45, 2.75) is 26.2 Å². The van der Waals surface area contributed by atoms with Gasteiger partial charge in [-0.2, -0.15) is 0 Å². The van der Waals surface area contributed by atoms with Crippen LogP contribution in [0.3, 0.4) is 0 Å². The number of nitrogens with zero attached hydrogens (tertiary/aromatic N) is 6. The molecule has 3 aromatic rings. The molecule has 0 radical (unpaired) electrons. The van der Waals surface area contributed by atoms with Crippen LogP contribution in [-0.2, 0) is 11.2 Å². The number of amides is 1. The van der Waals surface area contributed by atoms with E-state index in [0.29, 0.717) is 6.42 Å². The molecule has 0 spiro atoms. The van der Waals surface area contributed by atoms with Gasteiger partial charge in [0.25, 0.3) is 0 Å². The first-order chi connectivity index (χ1) is 14.2. The SMILES string of the molecule is Cc1nccn1-c1cc(N2CCN(C(=O)CCCc3ccccc3)CC2)ncn1. The molecule has 0 saturated carbocycles. The number of imidazole rings is 1. The van der Waals surface area contributed by atoms with Gasteiger partial charge in [-0.15, -0.1) is 0 Å². The van der Waals surface area contributed by atoms with Crippen LogP contribution in [0, 0.1) is 6.92 Å². The number of anilines is 1. The highest BCUT2D eigenvalue weighted by Gasteiger charge is 2.22. The number of carbonyl (C=O) groups excluding carboxylic acids is 1. The summed E-state index contributed by atoms with van der Waals surface area (Å²) < 4.78 is 1.94. The largest absolute Gasteiger partial charge is 0.353 e. The first kappa shape index (κ1) is 19.1. The van der Waals surface area contributed by atoms with Gasteiger partial charge in [0.2, 0.25) is 5.91 Å². The van der Waals surface area contributed by atoms with Crippen LogP contribution >= 0.6 is 0 Å². The average Bonchev–Trinajstić information content (AvgIpc) is 3.20. The highest BCUT2D eigenvalue weighted by atomic mass is 16.2. The number of carbonyl (C=O) groups is 1. The van der Waals surface area contributed by atoms with E-state index in [0.717, 1.165) is 56.5 Å². The van der Waals surface area contributed by atoms with Gasteiger partial charge in [-0.1, -0.05) is 30.3 Å². The monoisotopic (exact) mass is 390 g/mol. The number of hydrogen-bond acceptors (Lipinski definition) is 5. The Morgan fingerprint density at radius 3 is 2.48 bits per heavy atom. The van der Waals surface area contributed by atoms with Crippen molar-refractivity contribution in [3.8, 4) is 5.82 Å². The molecule has 0 N–H and O–H groups in total. The minimum absolute atomic E-state index is 0.248. The molecular formula is C22H26N6O. The smallest absolute Gasteiger partial charge is 0.222 e. The van der Waals surface area contributed by atoms with Crippen molar-refractivity contribution >= 4 is 11.7 Å². The Kier molecular flexibility index (Phi) is 5.84. The minimum atomic E-state index is 0.248. The van der Waals surface area contributed by atoms with Crippen LogP contribution in [0.4, 0.5) is 5.82 Å². The molecular weight excluding hydrogens is 364 g/mol. The van der Waals surface area contributed by atoms with Gasteiger partial charge in [0.15, 0.2) is 0 Å². The van der Waals surface area contributed by atoms with Crippen LogP contribution in [0.25, 0.3) is 5.82 Å². The Hall–Kier alpha value is -3.22. The van der Waals surface area contributed by atoms with Gasteiger partial charge in [0.05, 0.1) is 0 Å². The second-order valence-electron chi connectivity index (χ2n) is 7.29. The second-order valence-corrected chi connectivity index (χ2v) is 7.29. The van der Waals surface area contributed by atoms with Crippen molar-refractivity contribution in [2.24, 2.45) is 0 Å². The molecule has 1 fully saturated rings. The van der Waals surface area contributed by atoms with Crippen molar-refractivity contribution in [3.63, 3.8) is 0 Å². The summed E-state index contributed by atoms with van der Waals surface area (Å²) in [6.45, 7) is 4.97. The molecule has 2 aromatic heterocycles. The molecule has 7 nitrogen and oxygen atoms in total. The third-order valence-corrected chi connectivity index (χ3v) is 5.37. The molecule has 1 aliphatic rings. The third-order valence-electron chi connectivity index (χ3n) is 5.37. The van der Waals surface area contributed by atoms with E-state index in [4.69, 9.17) is 0 Å². The molecule has 150 valence electrons. The van der Waals surface area contributed by atoms with Crippen molar-refractivity contribution in [1.82, 2.24) is 24.4 Å². The average molecular weight is 390 g/mol. The summed E-state index contributed by atoms with van der Waals surface area (Å²) in [6.07, 6.45) is 7.69. The zero-order valence-electron chi connectivity index (χ0n) is 16.7. The van der Waals surface area contributed by atoms with Crippen molar-refractivity contribution in [1.29, 1.82) is 0 Å². The summed E-state index contributed by atoms with van der Waals surface area (Å²) in [5, 5.41) is 0. The lowest BCUT2D eigenvalue weighted by Crippen LogP contribution is -2.49. The Morgan fingerprint density at radius 2 is 1.76 bits per heavy atom. The fourth-order valence-corrected chi connectivity index (χ4v) is 3.69. The maximum atomic E-state index is 12.6. The second kappa shape index (κ2) is 8.86. The Labute approximate surface area is 171 Å². The number of piperazine rings is 1. The van der Waals surface area contributed by atoms with Gasteiger partial charge in [0.1, 0.15) is 23.8 Å². The van der Waals surface area contributed by atoms with E-state index in [9.17, 15) is 4.79 Å². The maximum Gasteiger partial charge on any atom is 0.222 e. The van der Waals surface area contributed by atoms with Gasteiger partial charge >= 0.3 is 0 Å². The maximum absolute atomic E-state index is 12.6. The molecule has 29 heavy (non-hydrogen) atoms. The first-order valence-corrected chi connectivity index (χ1v) is 10.1. The van der Waals surface area contributed by atoms with Gasteiger partial charge in [-0.25, -0.2) is 15.0 Å². The fourth-order valence-electron chi connectivity index (χ4n) is 3.69. The quantitative estimate of drug-likeness (QED) is 0.647. The standard InChI is InChI=1S/C22H26N6O/c1-18-23-10-11-28(18)21-16-20(24-17-25-21)26-12-14-27(15-13-26)22(29)9-5-8-19-6-3-2-4-7-19/h2-4,6-7,10-11,16-17H,5,8-9,12-15H2,1H3. The molecule has 1 aliphatic heterocycles. The summed E-state index contributed by atoms with van der Waals surface area (Å²) in [5.74, 6) is 2.84. The van der Waals surface area contributed by atoms with Gasteiger partial charge < -0.3 is 9.80 Å². The first-order valence-electron chi connectivity index (χ1n) is 10.1. The van der Waals surface area contributed by atoms with E-state index in [1.54, 1.807) is 12.5 Å². The van der Waals surface area contributed by atoms with Gasteiger partial charge in [0, 0.05) is 51.1 Å². The predicted octanol–water partition coefficient (Wildman–Crippen LogP) is 2.64. The van der Waals surface area contributed by atoms with Crippen molar-refractivity contribution < 1.29 is 4.79 Å². The van der Waals surface area contributed by atoms with E-state index < -0.39 is 0 Å². The Balaban J connectivity index is 1.29. The van der Waals surface area contributed by atoms with Crippen LogP contribution in [0.1, 0.15) is 24.2 Å². The predicted molar refractivity (Wildman–Crippen MR) is 112 cm³/mol.